The number of carbonyl (C=O) groups is 1. The van der Waals surface area contributed by atoms with Crippen molar-refractivity contribution < 1.29 is 9.53 Å². The highest BCUT2D eigenvalue weighted by Crippen LogP contribution is 2.40. The second kappa shape index (κ2) is 3.26. The number of allylic oxidation sites excluding steroid dienone is 2. The van der Waals surface area contributed by atoms with Gasteiger partial charge < -0.3 is 4.74 Å². The summed E-state index contributed by atoms with van der Waals surface area (Å²) in [6.07, 6.45) is 0.748. The largest absolute Gasteiger partial charge is 0.452 e. The summed E-state index contributed by atoms with van der Waals surface area (Å²) in [6, 6.07) is 7.68. The van der Waals surface area contributed by atoms with E-state index in [0.717, 1.165) is 21.8 Å². The molecule has 0 spiro atoms. The van der Waals surface area contributed by atoms with Crippen molar-refractivity contribution in [1.82, 2.24) is 0 Å². The van der Waals surface area contributed by atoms with E-state index in [9.17, 15) is 4.79 Å². The maximum absolute atomic E-state index is 10.6. The zero-order valence-electron chi connectivity index (χ0n) is 7.11. The molecule has 13 heavy (non-hydrogen) atoms. The number of thioether (sulfide) groups is 1. The van der Waals surface area contributed by atoms with Crippen molar-refractivity contribution >= 4 is 18.0 Å². The molecular weight excluding hydrogens is 184 g/mol. The summed E-state index contributed by atoms with van der Waals surface area (Å²) in [4.78, 5) is 12.6. The molecule has 2 rings (SSSR count). The molecule has 0 aliphatic carbocycles. The lowest BCUT2D eigenvalue weighted by atomic mass is 10.3. The predicted molar refractivity (Wildman–Crippen MR) is 51.7 cm³/mol. The van der Waals surface area contributed by atoms with Gasteiger partial charge in [-0.25, -0.2) is 0 Å². The Morgan fingerprint density at radius 1 is 1.38 bits per heavy atom. The van der Waals surface area contributed by atoms with Gasteiger partial charge in [0.05, 0.1) is 4.90 Å². The second-order valence-corrected chi connectivity index (χ2v) is 3.95. The number of para-hydroxylation sites is 1. The highest BCUT2D eigenvalue weighted by molar-refractivity contribution is 8.03. The van der Waals surface area contributed by atoms with Gasteiger partial charge >= 0.3 is 0 Å². The van der Waals surface area contributed by atoms with Crippen LogP contribution < -0.4 is 4.74 Å². The van der Waals surface area contributed by atoms with E-state index >= 15 is 0 Å². The normalized spacial score (nSPS) is 14.8. The molecule has 0 atom stereocenters. The van der Waals surface area contributed by atoms with Crippen LogP contribution in [0.3, 0.4) is 0 Å². The van der Waals surface area contributed by atoms with Crippen molar-refractivity contribution in [3.63, 3.8) is 0 Å². The molecule has 0 fully saturated rings. The number of hydrogen-bond donors (Lipinski definition) is 0. The second-order valence-electron chi connectivity index (χ2n) is 2.69. The van der Waals surface area contributed by atoms with Crippen LogP contribution in [0.1, 0.15) is 6.92 Å². The standard InChI is InChI=1S/C10H8O2S/c1-7-9(6-11)12-8-4-2-3-5-10(8)13-7/h2-6H,1H3. The van der Waals surface area contributed by atoms with Crippen molar-refractivity contribution in [1.29, 1.82) is 0 Å². The van der Waals surface area contributed by atoms with E-state index in [1.54, 1.807) is 11.8 Å². The molecule has 1 aliphatic heterocycles. The van der Waals surface area contributed by atoms with Gasteiger partial charge in [0.25, 0.3) is 0 Å². The van der Waals surface area contributed by atoms with Gasteiger partial charge in [-0.1, -0.05) is 23.9 Å². The van der Waals surface area contributed by atoms with E-state index in [-0.39, 0.29) is 0 Å². The van der Waals surface area contributed by atoms with Crippen LogP contribution in [0.15, 0.2) is 39.8 Å². The summed E-state index contributed by atoms with van der Waals surface area (Å²) in [5, 5.41) is 0. The van der Waals surface area contributed by atoms with Crippen LogP contribution in [0, 0.1) is 0 Å². The Morgan fingerprint density at radius 3 is 2.92 bits per heavy atom. The van der Waals surface area contributed by atoms with Gasteiger partial charge in [0.2, 0.25) is 0 Å². The van der Waals surface area contributed by atoms with Gasteiger partial charge in [-0.3, -0.25) is 4.79 Å². The highest BCUT2D eigenvalue weighted by atomic mass is 32.2. The van der Waals surface area contributed by atoms with Crippen molar-refractivity contribution in [2.75, 3.05) is 0 Å². The lowest BCUT2D eigenvalue weighted by molar-refractivity contribution is -0.106. The number of rotatable bonds is 1. The molecule has 0 unspecified atom stereocenters. The summed E-state index contributed by atoms with van der Waals surface area (Å²) in [7, 11) is 0. The van der Waals surface area contributed by atoms with Crippen molar-refractivity contribution in [2.45, 2.75) is 11.8 Å². The van der Waals surface area contributed by atoms with E-state index in [1.807, 2.05) is 31.2 Å². The van der Waals surface area contributed by atoms with Crippen LogP contribution in [0.25, 0.3) is 0 Å². The molecule has 3 heteroatoms. The first kappa shape index (κ1) is 8.38. The van der Waals surface area contributed by atoms with Crippen LogP contribution >= 0.6 is 11.8 Å². The smallest absolute Gasteiger partial charge is 0.186 e. The number of ether oxygens (including phenoxy) is 1. The molecule has 1 heterocycles. The molecule has 66 valence electrons. The SMILES string of the molecule is CC1=C(C=O)Oc2ccccc2S1. The monoisotopic (exact) mass is 192 g/mol. The molecule has 0 bridgehead atoms. The van der Waals surface area contributed by atoms with E-state index in [1.165, 1.54) is 0 Å². The average Bonchev–Trinajstić information content (AvgIpc) is 2.17. The van der Waals surface area contributed by atoms with Crippen LogP contribution in [-0.4, -0.2) is 6.29 Å². The van der Waals surface area contributed by atoms with E-state index < -0.39 is 0 Å². The van der Waals surface area contributed by atoms with Crippen molar-refractivity contribution in [3.05, 3.63) is 34.9 Å². The Balaban J connectivity index is 2.42. The Hall–Kier alpha value is -1.22. The minimum atomic E-state index is 0.420. The Morgan fingerprint density at radius 2 is 2.15 bits per heavy atom. The molecule has 0 N–H and O–H groups in total. The quantitative estimate of drug-likeness (QED) is 0.640. The zero-order valence-corrected chi connectivity index (χ0v) is 7.93. The Labute approximate surface area is 80.6 Å². The zero-order chi connectivity index (χ0) is 9.26. The third-order valence-corrected chi connectivity index (χ3v) is 2.85. The number of aldehydes is 1. The van der Waals surface area contributed by atoms with Crippen LogP contribution in [0.4, 0.5) is 0 Å². The van der Waals surface area contributed by atoms with Gasteiger partial charge in [-0.05, 0) is 19.1 Å². The predicted octanol–water partition coefficient (Wildman–Crippen LogP) is 2.60. The number of benzene rings is 1. The van der Waals surface area contributed by atoms with Crippen molar-refractivity contribution in [2.24, 2.45) is 0 Å². The molecule has 1 aromatic rings. The van der Waals surface area contributed by atoms with Crippen LogP contribution in [0.2, 0.25) is 0 Å². The van der Waals surface area contributed by atoms with Gasteiger partial charge in [0, 0.05) is 4.91 Å². The molecular formula is C10H8O2S. The highest BCUT2D eigenvalue weighted by Gasteiger charge is 2.16. The average molecular weight is 192 g/mol. The van der Waals surface area contributed by atoms with Gasteiger partial charge in [0.1, 0.15) is 5.75 Å². The fraction of sp³-hybridized carbons (Fsp3) is 0.100. The molecule has 1 aromatic carbocycles. The molecule has 0 saturated heterocycles. The van der Waals surface area contributed by atoms with Gasteiger partial charge in [-0.15, -0.1) is 0 Å². The minimum absolute atomic E-state index is 0.420. The van der Waals surface area contributed by atoms with Crippen LogP contribution in [0.5, 0.6) is 5.75 Å². The summed E-state index contributed by atoms with van der Waals surface area (Å²) in [5.74, 6) is 1.18. The number of carbonyl (C=O) groups excluding carboxylic acids is 1. The molecule has 1 aliphatic rings. The summed E-state index contributed by atoms with van der Waals surface area (Å²) in [5.41, 5.74) is 0. The first-order valence-corrected chi connectivity index (χ1v) is 4.73. The topological polar surface area (TPSA) is 26.3 Å². The van der Waals surface area contributed by atoms with E-state index in [0.29, 0.717) is 5.76 Å². The van der Waals surface area contributed by atoms with Crippen LogP contribution in [-0.2, 0) is 4.79 Å². The third kappa shape index (κ3) is 1.47. The maximum Gasteiger partial charge on any atom is 0.186 e. The minimum Gasteiger partial charge on any atom is -0.452 e. The third-order valence-electron chi connectivity index (χ3n) is 1.79. The molecule has 0 saturated carbocycles. The molecule has 0 radical (unpaired) electrons. The summed E-state index contributed by atoms with van der Waals surface area (Å²) >= 11 is 1.57. The first-order valence-electron chi connectivity index (χ1n) is 3.92. The van der Waals surface area contributed by atoms with Crippen molar-refractivity contribution in [3.8, 4) is 5.75 Å². The lowest BCUT2D eigenvalue weighted by Crippen LogP contribution is -2.03. The fourth-order valence-electron chi connectivity index (χ4n) is 1.13. The number of hydrogen-bond acceptors (Lipinski definition) is 3. The molecule has 0 amide bonds. The van der Waals surface area contributed by atoms with Gasteiger partial charge in [-0.2, -0.15) is 0 Å². The van der Waals surface area contributed by atoms with E-state index in [2.05, 4.69) is 0 Å². The molecule has 0 aromatic heterocycles. The Kier molecular flexibility index (Phi) is 2.10. The Bertz CT molecular complexity index is 382. The molecule has 2 nitrogen and oxygen atoms in total. The first-order chi connectivity index (χ1) is 6.31. The lowest BCUT2D eigenvalue weighted by Gasteiger charge is -2.17. The van der Waals surface area contributed by atoms with Gasteiger partial charge in [0.15, 0.2) is 12.0 Å². The fourth-order valence-corrected chi connectivity index (χ4v) is 2.01. The summed E-state index contributed by atoms with van der Waals surface area (Å²) in [6.45, 7) is 1.88. The van der Waals surface area contributed by atoms with E-state index in [4.69, 9.17) is 4.74 Å². The summed E-state index contributed by atoms with van der Waals surface area (Å²) < 4.78 is 5.38. The number of fused-ring (bicyclic) bond motifs is 1. The maximum atomic E-state index is 10.6.